The number of aromatic nitrogens is 1. The summed E-state index contributed by atoms with van der Waals surface area (Å²) < 4.78 is 0. The van der Waals surface area contributed by atoms with Crippen molar-refractivity contribution in [2.45, 2.75) is 0 Å². The van der Waals surface area contributed by atoms with Crippen molar-refractivity contribution in [2.24, 2.45) is 0 Å². The summed E-state index contributed by atoms with van der Waals surface area (Å²) in [7, 11) is 0. The second kappa shape index (κ2) is 3.54. The number of pyridine rings is 1. The van der Waals surface area contributed by atoms with E-state index in [-0.39, 0.29) is 18.9 Å². The first kappa shape index (κ1) is 7.55. The van der Waals surface area contributed by atoms with Crippen molar-refractivity contribution in [3.8, 4) is 0 Å². The fraction of sp³-hybridized carbons (Fsp3) is 0. The van der Waals surface area contributed by atoms with Crippen molar-refractivity contribution in [1.82, 2.24) is 4.98 Å². The first-order valence-corrected chi connectivity index (χ1v) is 1.98. The van der Waals surface area contributed by atoms with Crippen LogP contribution < -0.4 is 24.6 Å². The molecule has 0 saturated heterocycles. The van der Waals surface area contributed by atoms with Gasteiger partial charge in [0.2, 0.25) is 0 Å². The van der Waals surface area contributed by atoms with Crippen molar-refractivity contribution in [1.29, 1.82) is 0 Å². The second-order valence-electron chi connectivity index (χ2n) is 1.17. The van der Waals surface area contributed by atoms with Crippen LogP contribution in [0.5, 0.6) is 0 Å². The normalized spacial score (nSPS) is 7.50. The van der Waals surface area contributed by atoms with Crippen LogP contribution >= 0.6 is 0 Å². The van der Waals surface area contributed by atoms with E-state index in [1.54, 1.807) is 18.3 Å². The summed E-state index contributed by atoms with van der Waals surface area (Å²) in [5.41, 5.74) is 5.19. The predicted octanol–water partition coefficient (Wildman–Crippen LogP) is -2.53. The Labute approximate surface area is 60.3 Å². The Balaban J connectivity index is 0.000000490. The number of rotatable bonds is 0. The molecule has 36 valence electrons. The van der Waals surface area contributed by atoms with Gasteiger partial charge in [-0.3, -0.25) is 4.98 Å². The second-order valence-corrected chi connectivity index (χ2v) is 1.17. The minimum Gasteiger partial charge on any atom is -0.399 e. The molecule has 2 nitrogen and oxygen atoms in total. The molecule has 0 aliphatic heterocycles. The van der Waals surface area contributed by atoms with Gasteiger partial charge in [-0.25, -0.2) is 12.1 Å². The SMILES string of the molecule is Nc1[c-]cccn1.[Li+]. The van der Waals surface area contributed by atoms with Gasteiger partial charge in [-0.2, -0.15) is 6.07 Å². The van der Waals surface area contributed by atoms with E-state index in [2.05, 4.69) is 11.1 Å². The van der Waals surface area contributed by atoms with E-state index >= 15 is 0 Å². The van der Waals surface area contributed by atoms with Crippen LogP contribution in [0, 0.1) is 6.07 Å². The van der Waals surface area contributed by atoms with Gasteiger partial charge in [0.1, 0.15) is 0 Å². The third-order valence-corrected chi connectivity index (χ3v) is 0.627. The monoisotopic (exact) mass is 100 g/mol. The van der Waals surface area contributed by atoms with Crippen LogP contribution in [-0.4, -0.2) is 4.98 Å². The molecule has 0 amide bonds. The van der Waals surface area contributed by atoms with Crippen molar-refractivity contribution >= 4 is 5.82 Å². The van der Waals surface area contributed by atoms with Gasteiger partial charge in [-0.1, -0.05) is 6.20 Å². The number of hydrogen-bond acceptors (Lipinski definition) is 2. The Morgan fingerprint density at radius 2 is 2.38 bits per heavy atom. The molecular formula is C5H5LiN2. The molecule has 0 aromatic carbocycles. The summed E-state index contributed by atoms with van der Waals surface area (Å²) in [6, 6.07) is 6.20. The third kappa shape index (κ3) is 2.01. The van der Waals surface area contributed by atoms with Crippen LogP contribution in [0.3, 0.4) is 0 Å². The van der Waals surface area contributed by atoms with Gasteiger partial charge in [-0.05, 0) is 0 Å². The zero-order valence-electron chi connectivity index (χ0n) is 4.76. The zero-order valence-corrected chi connectivity index (χ0v) is 4.76. The molecule has 0 unspecified atom stereocenters. The standard InChI is InChI=1S/C5H5N2.Li/c6-5-3-1-2-4-7-5;/h1-2,4H,(H2,6,7);/q-1;+1. The van der Waals surface area contributed by atoms with E-state index in [0.29, 0.717) is 5.82 Å². The molecule has 2 N–H and O–H groups in total. The fourth-order valence-corrected chi connectivity index (χ4v) is 0.337. The molecule has 0 aliphatic rings. The maximum atomic E-state index is 5.19. The van der Waals surface area contributed by atoms with Crippen molar-refractivity contribution in [3.05, 3.63) is 24.4 Å². The average Bonchev–Trinajstić information content (AvgIpc) is 1.69. The molecule has 8 heavy (non-hydrogen) atoms. The predicted molar refractivity (Wildman–Crippen MR) is 27.5 cm³/mol. The van der Waals surface area contributed by atoms with E-state index in [9.17, 15) is 0 Å². The van der Waals surface area contributed by atoms with Gasteiger partial charge in [0.05, 0.1) is 0 Å². The molecular weight excluding hydrogens is 95.0 g/mol. The van der Waals surface area contributed by atoms with E-state index < -0.39 is 0 Å². The van der Waals surface area contributed by atoms with Crippen LogP contribution in [0.15, 0.2) is 18.3 Å². The summed E-state index contributed by atoms with van der Waals surface area (Å²) in [4.78, 5) is 3.70. The number of nitrogens with zero attached hydrogens (tertiary/aromatic N) is 1. The van der Waals surface area contributed by atoms with Crippen LogP contribution in [0.1, 0.15) is 0 Å². The van der Waals surface area contributed by atoms with Gasteiger partial charge < -0.3 is 5.73 Å². The Hall–Kier alpha value is -0.453. The van der Waals surface area contributed by atoms with Gasteiger partial charge >= 0.3 is 18.9 Å². The molecule has 0 atom stereocenters. The summed E-state index contributed by atoms with van der Waals surface area (Å²) >= 11 is 0. The summed E-state index contributed by atoms with van der Waals surface area (Å²) in [5.74, 6) is 0.447. The van der Waals surface area contributed by atoms with Crippen LogP contribution in [0.2, 0.25) is 0 Å². The quantitative estimate of drug-likeness (QED) is 0.288. The van der Waals surface area contributed by atoms with Crippen molar-refractivity contribution in [2.75, 3.05) is 5.73 Å². The van der Waals surface area contributed by atoms with Gasteiger partial charge in [0.25, 0.3) is 0 Å². The van der Waals surface area contributed by atoms with Crippen LogP contribution in [-0.2, 0) is 0 Å². The first-order valence-electron chi connectivity index (χ1n) is 1.98. The molecule has 1 rings (SSSR count). The maximum absolute atomic E-state index is 5.19. The van der Waals surface area contributed by atoms with E-state index in [1.165, 1.54) is 0 Å². The molecule has 1 aromatic heterocycles. The Kier molecular flexibility index (Phi) is 3.34. The van der Waals surface area contributed by atoms with E-state index in [0.717, 1.165) is 0 Å². The van der Waals surface area contributed by atoms with Crippen molar-refractivity contribution in [3.63, 3.8) is 0 Å². The number of nitrogens with two attached hydrogens (primary N) is 1. The summed E-state index contributed by atoms with van der Waals surface area (Å²) in [5, 5.41) is 0. The minimum atomic E-state index is 0. The maximum Gasteiger partial charge on any atom is 1.00 e. The van der Waals surface area contributed by atoms with Crippen LogP contribution in [0.25, 0.3) is 0 Å². The molecule has 0 saturated carbocycles. The third-order valence-electron chi connectivity index (χ3n) is 0.627. The minimum absolute atomic E-state index is 0. The molecule has 0 spiro atoms. The van der Waals surface area contributed by atoms with Crippen molar-refractivity contribution < 1.29 is 18.9 Å². The Morgan fingerprint density at radius 1 is 1.62 bits per heavy atom. The number of anilines is 1. The molecule has 1 heterocycles. The summed E-state index contributed by atoms with van der Waals surface area (Å²) in [6.07, 6.45) is 1.63. The van der Waals surface area contributed by atoms with E-state index in [1.807, 2.05) is 0 Å². The first-order chi connectivity index (χ1) is 3.39. The van der Waals surface area contributed by atoms with Gasteiger partial charge in [0.15, 0.2) is 0 Å². The molecule has 0 radical (unpaired) electrons. The zero-order chi connectivity index (χ0) is 5.11. The molecule has 0 aliphatic carbocycles. The number of nitrogen functional groups attached to an aromatic ring is 1. The fourth-order valence-electron chi connectivity index (χ4n) is 0.337. The van der Waals surface area contributed by atoms with Crippen LogP contribution in [0.4, 0.5) is 5.82 Å². The molecule has 0 fully saturated rings. The number of hydrogen-bond donors (Lipinski definition) is 1. The summed E-state index contributed by atoms with van der Waals surface area (Å²) in [6.45, 7) is 0. The smallest absolute Gasteiger partial charge is 0.399 e. The topological polar surface area (TPSA) is 38.9 Å². The van der Waals surface area contributed by atoms with E-state index in [4.69, 9.17) is 5.73 Å². The Bertz CT molecular complexity index is 140. The molecule has 3 heteroatoms. The largest absolute Gasteiger partial charge is 1.00 e. The molecule has 0 bridgehead atoms. The Morgan fingerprint density at radius 3 is 2.62 bits per heavy atom. The van der Waals surface area contributed by atoms with Gasteiger partial charge in [-0.15, -0.1) is 0 Å². The average molecular weight is 100 g/mol. The molecule has 1 aromatic rings. The van der Waals surface area contributed by atoms with Gasteiger partial charge in [0, 0.05) is 5.82 Å².